The maximum atomic E-state index is 11.6. The van der Waals surface area contributed by atoms with E-state index in [-0.39, 0.29) is 11.4 Å². The average molecular weight is 283 g/mol. The Kier molecular flexibility index (Phi) is 6.47. The molecule has 0 spiro atoms. The summed E-state index contributed by atoms with van der Waals surface area (Å²) in [5.41, 5.74) is -0.272. The molecule has 0 aromatic rings. The summed E-state index contributed by atoms with van der Waals surface area (Å²) in [5.74, 6) is 0.226. The summed E-state index contributed by atoms with van der Waals surface area (Å²) in [4.78, 5) is 11.6. The number of ketones is 1. The molecule has 3 heteroatoms. The first kappa shape index (κ1) is 16.6. The third-order valence-electron chi connectivity index (χ3n) is 3.51. The van der Waals surface area contributed by atoms with Crippen LogP contribution in [0.25, 0.3) is 0 Å². The molecular weight excluding hydrogens is 252 g/mol. The highest BCUT2D eigenvalue weighted by atomic mass is 28.4. The SMILES string of the molecule is CCCCCCCCC1(O[Si](C)(C)C)C=CC(=O)C1. The molecule has 1 aliphatic carbocycles. The molecule has 0 saturated carbocycles. The Balaban J connectivity index is 2.39. The monoisotopic (exact) mass is 282 g/mol. The normalized spacial score (nSPS) is 23.3. The predicted molar refractivity (Wildman–Crippen MR) is 83.9 cm³/mol. The van der Waals surface area contributed by atoms with Gasteiger partial charge in [0.15, 0.2) is 14.1 Å². The van der Waals surface area contributed by atoms with Gasteiger partial charge < -0.3 is 4.43 Å². The van der Waals surface area contributed by atoms with Crippen LogP contribution in [0.5, 0.6) is 0 Å². The van der Waals surface area contributed by atoms with E-state index in [0.717, 1.165) is 6.42 Å². The molecule has 0 aromatic carbocycles. The lowest BCUT2D eigenvalue weighted by Crippen LogP contribution is -2.40. The number of hydrogen-bond donors (Lipinski definition) is 0. The van der Waals surface area contributed by atoms with Gasteiger partial charge in [0, 0.05) is 6.42 Å². The zero-order valence-electron chi connectivity index (χ0n) is 13.1. The number of rotatable bonds is 9. The van der Waals surface area contributed by atoms with Crippen molar-refractivity contribution in [3.8, 4) is 0 Å². The van der Waals surface area contributed by atoms with Crippen LogP contribution >= 0.6 is 0 Å². The summed E-state index contributed by atoms with van der Waals surface area (Å²) in [6, 6.07) is 0. The Morgan fingerprint density at radius 2 is 1.79 bits per heavy atom. The van der Waals surface area contributed by atoms with E-state index >= 15 is 0 Å². The maximum Gasteiger partial charge on any atom is 0.184 e. The molecule has 0 heterocycles. The molecule has 110 valence electrons. The van der Waals surface area contributed by atoms with Gasteiger partial charge in [-0.2, -0.15) is 0 Å². The first-order valence-corrected chi connectivity index (χ1v) is 11.2. The van der Waals surface area contributed by atoms with Crippen molar-refractivity contribution in [3.63, 3.8) is 0 Å². The van der Waals surface area contributed by atoms with Gasteiger partial charge in [0.1, 0.15) is 0 Å². The fraction of sp³-hybridized carbons (Fsp3) is 0.812. The second kappa shape index (κ2) is 7.39. The number of allylic oxidation sites excluding steroid dienone is 1. The van der Waals surface area contributed by atoms with Crippen molar-refractivity contribution in [1.82, 2.24) is 0 Å². The van der Waals surface area contributed by atoms with E-state index in [9.17, 15) is 4.79 Å². The van der Waals surface area contributed by atoms with Gasteiger partial charge in [-0.25, -0.2) is 0 Å². The second-order valence-corrected chi connectivity index (χ2v) is 11.2. The van der Waals surface area contributed by atoms with E-state index in [2.05, 4.69) is 26.6 Å². The van der Waals surface area contributed by atoms with E-state index in [4.69, 9.17) is 4.43 Å². The molecule has 0 amide bonds. The highest BCUT2D eigenvalue weighted by molar-refractivity contribution is 6.69. The van der Waals surface area contributed by atoms with Gasteiger partial charge in [0.25, 0.3) is 0 Å². The molecule has 1 atom stereocenters. The highest BCUT2D eigenvalue weighted by Crippen LogP contribution is 2.33. The minimum Gasteiger partial charge on any atom is -0.408 e. The summed E-state index contributed by atoms with van der Waals surface area (Å²) in [5, 5.41) is 0. The minimum absolute atomic E-state index is 0.226. The van der Waals surface area contributed by atoms with Crippen LogP contribution in [0.1, 0.15) is 58.3 Å². The van der Waals surface area contributed by atoms with E-state index in [1.54, 1.807) is 6.08 Å². The van der Waals surface area contributed by atoms with Crippen molar-refractivity contribution < 1.29 is 9.22 Å². The van der Waals surface area contributed by atoms with Gasteiger partial charge >= 0.3 is 0 Å². The Morgan fingerprint density at radius 3 is 2.32 bits per heavy atom. The van der Waals surface area contributed by atoms with Gasteiger partial charge in [0.05, 0.1) is 5.60 Å². The van der Waals surface area contributed by atoms with Crippen LogP contribution in [0.4, 0.5) is 0 Å². The van der Waals surface area contributed by atoms with Crippen molar-refractivity contribution in [2.45, 2.75) is 83.5 Å². The second-order valence-electron chi connectivity index (χ2n) is 6.77. The Hall–Kier alpha value is -0.413. The van der Waals surface area contributed by atoms with Crippen molar-refractivity contribution in [3.05, 3.63) is 12.2 Å². The van der Waals surface area contributed by atoms with E-state index in [1.165, 1.54) is 38.5 Å². The third-order valence-corrected chi connectivity index (χ3v) is 4.53. The van der Waals surface area contributed by atoms with Crippen molar-refractivity contribution in [2.75, 3.05) is 0 Å². The number of hydrogen-bond acceptors (Lipinski definition) is 2. The van der Waals surface area contributed by atoms with Gasteiger partial charge in [-0.1, -0.05) is 51.5 Å². The molecule has 0 bridgehead atoms. The minimum atomic E-state index is -1.61. The lowest BCUT2D eigenvalue weighted by atomic mass is 9.95. The van der Waals surface area contributed by atoms with Crippen LogP contribution in [0.3, 0.4) is 0 Å². The zero-order valence-corrected chi connectivity index (χ0v) is 14.1. The lowest BCUT2D eigenvalue weighted by molar-refractivity contribution is -0.116. The first-order valence-electron chi connectivity index (χ1n) is 7.79. The lowest BCUT2D eigenvalue weighted by Gasteiger charge is -2.34. The molecule has 1 unspecified atom stereocenters. The van der Waals surface area contributed by atoms with Gasteiger partial charge in [-0.3, -0.25) is 4.79 Å². The molecular formula is C16H30O2Si. The molecule has 19 heavy (non-hydrogen) atoms. The topological polar surface area (TPSA) is 26.3 Å². The fourth-order valence-corrected chi connectivity index (χ4v) is 4.23. The average Bonchev–Trinajstić information content (AvgIpc) is 2.63. The van der Waals surface area contributed by atoms with Crippen molar-refractivity contribution in [2.24, 2.45) is 0 Å². The molecule has 0 saturated heterocycles. The Labute approximate surface area is 119 Å². The molecule has 0 radical (unpaired) electrons. The molecule has 0 fully saturated rings. The molecule has 0 N–H and O–H groups in total. The van der Waals surface area contributed by atoms with Crippen molar-refractivity contribution >= 4 is 14.1 Å². The van der Waals surface area contributed by atoms with Gasteiger partial charge in [-0.15, -0.1) is 0 Å². The van der Waals surface area contributed by atoms with Crippen LogP contribution in [-0.2, 0) is 9.22 Å². The van der Waals surface area contributed by atoms with Crippen LogP contribution < -0.4 is 0 Å². The number of unbranched alkanes of at least 4 members (excludes halogenated alkanes) is 5. The number of carbonyl (C=O) groups excluding carboxylic acids is 1. The summed E-state index contributed by atoms with van der Waals surface area (Å²) in [6.45, 7) is 8.84. The summed E-state index contributed by atoms with van der Waals surface area (Å²) in [6.07, 6.45) is 13.0. The van der Waals surface area contributed by atoms with E-state index in [1.807, 2.05) is 6.08 Å². The summed E-state index contributed by atoms with van der Waals surface area (Å²) < 4.78 is 6.32. The zero-order chi connectivity index (χ0) is 14.4. The number of carbonyl (C=O) groups is 1. The van der Waals surface area contributed by atoms with Gasteiger partial charge in [-0.05, 0) is 32.1 Å². The predicted octanol–water partition coefficient (Wildman–Crippen LogP) is 4.86. The van der Waals surface area contributed by atoms with Crippen LogP contribution in [0.15, 0.2) is 12.2 Å². The van der Waals surface area contributed by atoms with E-state index < -0.39 is 8.32 Å². The third kappa shape index (κ3) is 6.53. The fourth-order valence-electron chi connectivity index (χ4n) is 2.76. The quantitative estimate of drug-likeness (QED) is 0.446. The molecule has 1 rings (SSSR count). The smallest absolute Gasteiger partial charge is 0.184 e. The highest BCUT2D eigenvalue weighted by Gasteiger charge is 2.38. The van der Waals surface area contributed by atoms with E-state index in [0.29, 0.717) is 6.42 Å². The molecule has 1 aliphatic rings. The summed E-state index contributed by atoms with van der Waals surface area (Å²) >= 11 is 0. The summed E-state index contributed by atoms with van der Waals surface area (Å²) in [7, 11) is -1.61. The molecule has 0 aromatic heterocycles. The van der Waals surface area contributed by atoms with Crippen LogP contribution in [0, 0.1) is 0 Å². The van der Waals surface area contributed by atoms with Crippen LogP contribution in [-0.4, -0.2) is 19.7 Å². The largest absolute Gasteiger partial charge is 0.408 e. The van der Waals surface area contributed by atoms with Gasteiger partial charge in [0.2, 0.25) is 0 Å². The standard InChI is InChI=1S/C16H30O2Si/c1-5-6-7-8-9-10-12-16(18-19(2,3)4)13-11-15(17)14-16/h11,13H,5-10,12,14H2,1-4H3. The molecule has 2 nitrogen and oxygen atoms in total. The maximum absolute atomic E-state index is 11.6. The molecule has 0 aliphatic heterocycles. The van der Waals surface area contributed by atoms with Crippen LogP contribution in [0.2, 0.25) is 19.6 Å². The Morgan fingerprint density at radius 1 is 1.16 bits per heavy atom. The Bertz CT molecular complexity index is 317. The van der Waals surface area contributed by atoms with Crippen molar-refractivity contribution in [1.29, 1.82) is 0 Å². The first-order chi connectivity index (χ1) is 8.87.